The predicted molar refractivity (Wildman–Crippen MR) is 143 cm³/mol. The summed E-state index contributed by atoms with van der Waals surface area (Å²) < 4.78 is 8.92. The molecule has 0 fully saturated rings. The molecule has 2 aliphatic rings. The van der Waals surface area contributed by atoms with Crippen LogP contribution in [-0.4, -0.2) is 26.3 Å². The molecule has 2 heterocycles. The second kappa shape index (κ2) is 9.82. The highest BCUT2D eigenvalue weighted by molar-refractivity contribution is 9.10. The molecule has 1 aromatic heterocycles. The first-order chi connectivity index (χ1) is 16.8. The molecular weight excluding hydrogens is 524 g/mol. The smallest absolute Gasteiger partial charge is 0.227 e. The Hall–Kier alpha value is -2.58. The molecule has 0 radical (unpaired) electrons. The molecule has 6 nitrogen and oxygen atoms in total. The minimum absolute atomic E-state index is 0.0838. The first-order valence-electron chi connectivity index (χ1n) is 11.9. The maximum atomic E-state index is 13.4. The van der Waals surface area contributed by atoms with Gasteiger partial charge in [0.1, 0.15) is 18.4 Å². The number of halogens is 1. The van der Waals surface area contributed by atoms with Crippen molar-refractivity contribution in [2.24, 2.45) is 5.41 Å². The van der Waals surface area contributed by atoms with E-state index in [-0.39, 0.29) is 17.2 Å². The SMILES string of the molecule is CCCSc1nc2n(n1)C(c1ccc(OCc3cccc(Br)c3)cc1)C1=C(CC(C)(C)CC1=O)N2. The Kier molecular flexibility index (Phi) is 6.77. The fraction of sp³-hybridized carbons (Fsp3) is 0.370. The number of hydrogen-bond acceptors (Lipinski definition) is 6. The lowest BCUT2D eigenvalue weighted by Crippen LogP contribution is -2.36. The van der Waals surface area contributed by atoms with Crippen molar-refractivity contribution in [2.75, 3.05) is 11.1 Å². The summed E-state index contributed by atoms with van der Waals surface area (Å²) in [7, 11) is 0. The molecule has 1 unspecified atom stereocenters. The third-order valence-corrected chi connectivity index (χ3v) is 7.77. The van der Waals surface area contributed by atoms with Crippen LogP contribution >= 0.6 is 27.7 Å². The summed E-state index contributed by atoms with van der Waals surface area (Å²) in [6.45, 7) is 6.92. The van der Waals surface area contributed by atoms with E-state index in [1.54, 1.807) is 11.8 Å². The molecule has 5 rings (SSSR count). The van der Waals surface area contributed by atoms with E-state index in [9.17, 15) is 4.79 Å². The van der Waals surface area contributed by atoms with Gasteiger partial charge in [0, 0.05) is 27.9 Å². The predicted octanol–water partition coefficient (Wildman–Crippen LogP) is 6.78. The van der Waals surface area contributed by atoms with Crippen LogP contribution in [-0.2, 0) is 11.4 Å². The zero-order chi connectivity index (χ0) is 24.6. The minimum atomic E-state index is -0.299. The zero-order valence-electron chi connectivity index (χ0n) is 20.2. The number of hydrogen-bond donors (Lipinski definition) is 1. The number of rotatable bonds is 7. The maximum Gasteiger partial charge on any atom is 0.227 e. The van der Waals surface area contributed by atoms with Gasteiger partial charge < -0.3 is 10.1 Å². The van der Waals surface area contributed by atoms with Crippen LogP contribution in [0.4, 0.5) is 5.95 Å². The fourth-order valence-corrected chi connectivity index (χ4v) is 5.82. The number of fused-ring (bicyclic) bond motifs is 1. The Morgan fingerprint density at radius 1 is 1.20 bits per heavy atom. The summed E-state index contributed by atoms with van der Waals surface area (Å²) in [5.41, 5.74) is 3.78. The number of thioether (sulfide) groups is 1. The van der Waals surface area contributed by atoms with Crippen molar-refractivity contribution in [3.63, 3.8) is 0 Å². The molecule has 182 valence electrons. The molecule has 1 aliphatic carbocycles. The van der Waals surface area contributed by atoms with Crippen LogP contribution in [0.15, 0.2) is 69.4 Å². The van der Waals surface area contributed by atoms with Crippen molar-refractivity contribution in [1.82, 2.24) is 14.8 Å². The summed E-state index contributed by atoms with van der Waals surface area (Å²) >= 11 is 5.15. The van der Waals surface area contributed by atoms with E-state index in [2.05, 4.69) is 42.0 Å². The lowest BCUT2D eigenvalue weighted by atomic mass is 9.73. The van der Waals surface area contributed by atoms with Gasteiger partial charge in [-0.1, -0.05) is 72.7 Å². The van der Waals surface area contributed by atoms with Crippen molar-refractivity contribution in [2.45, 2.75) is 57.8 Å². The van der Waals surface area contributed by atoms with E-state index in [0.717, 1.165) is 56.4 Å². The molecule has 0 spiro atoms. The number of nitrogens with zero attached hydrogens (tertiary/aromatic N) is 3. The Labute approximate surface area is 218 Å². The Balaban J connectivity index is 1.46. The van der Waals surface area contributed by atoms with Crippen molar-refractivity contribution >= 4 is 39.4 Å². The topological polar surface area (TPSA) is 69.0 Å². The number of nitrogens with one attached hydrogen (secondary N) is 1. The third-order valence-electron chi connectivity index (χ3n) is 6.24. The number of aromatic nitrogens is 3. The molecule has 0 bridgehead atoms. The number of Topliss-reactive ketones (excluding diaryl/α,β-unsaturated/α-hetero) is 1. The summed E-state index contributed by atoms with van der Waals surface area (Å²) in [6, 6.07) is 15.8. The van der Waals surface area contributed by atoms with Gasteiger partial charge in [0.2, 0.25) is 11.1 Å². The second-order valence-electron chi connectivity index (χ2n) is 9.86. The lowest BCUT2D eigenvalue weighted by Gasteiger charge is -2.38. The van der Waals surface area contributed by atoms with Gasteiger partial charge in [-0.3, -0.25) is 4.79 Å². The summed E-state index contributed by atoms with van der Waals surface area (Å²) in [4.78, 5) is 18.1. The van der Waals surface area contributed by atoms with Crippen molar-refractivity contribution in [1.29, 1.82) is 0 Å². The molecule has 3 aromatic rings. The van der Waals surface area contributed by atoms with E-state index in [1.165, 1.54) is 0 Å². The standard InChI is InChI=1S/C27H29BrN4O2S/c1-4-12-35-26-30-25-29-21-14-27(2,3)15-22(33)23(21)24(32(25)31-26)18-8-10-20(11-9-18)34-16-17-6-5-7-19(28)13-17/h5-11,13,24H,4,12,14-16H2,1-3H3,(H,29,30,31). The molecule has 1 aliphatic heterocycles. The highest BCUT2D eigenvalue weighted by atomic mass is 79.9. The van der Waals surface area contributed by atoms with Gasteiger partial charge in [0.05, 0.1) is 0 Å². The number of allylic oxidation sites excluding steroid dienone is 2. The van der Waals surface area contributed by atoms with Gasteiger partial charge in [-0.2, -0.15) is 4.98 Å². The van der Waals surface area contributed by atoms with E-state index >= 15 is 0 Å². The van der Waals surface area contributed by atoms with Gasteiger partial charge >= 0.3 is 0 Å². The monoisotopic (exact) mass is 552 g/mol. The van der Waals surface area contributed by atoms with Crippen molar-refractivity contribution in [3.05, 3.63) is 75.4 Å². The summed E-state index contributed by atoms with van der Waals surface area (Å²) in [5.74, 6) is 2.61. The molecular formula is C27H29BrN4O2S. The van der Waals surface area contributed by atoms with E-state index < -0.39 is 0 Å². The molecule has 8 heteroatoms. The lowest BCUT2D eigenvalue weighted by molar-refractivity contribution is -0.118. The molecule has 1 atom stereocenters. The molecule has 0 saturated carbocycles. The number of carbonyl (C=O) groups is 1. The molecule has 0 saturated heterocycles. The third kappa shape index (κ3) is 5.19. The van der Waals surface area contributed by atoms with E-state index in [4.69, 9.17) is 14.8 Å². The summed E-state index contributed by atoms with van der Waals surface area (Å²) in [5, 5.41) is 8.98. The van der Waals surface area contributed by atoms with Crippen LogP contribution in [0.25, 0.3) is 0 Å². The number of ether oxygens (including phenoxy) is 1. The van der Waals surface area contributed by atoms with Crippen molar-refractivity contribution in [3.8, 4) is 5.75 Å². The van der Waals surface area contributed by atoms with Gasteiger partial charge in [0.15, 0.2) is 5.78 Å². The average molecular weight is 554 g/mol. The van der Waals surface area contributed by atoms with Crippen LogP contribution in [0.2, 0.25) is 0 Å². The number of benzene rings is 2. The summed E-state index contributed by atoms with van der Waals surface area (Å²) in [6.07, 6.45) is 2.39. The molecule has 0 amide bonds. The van der Waals surface area contributed by atoms with Gasteiger partial charge in [-0.05, 0) is 53.6 Å². The molecule has 2 aromatic carbocycles. The Morgan fingerprint density at radius 3 is 2.74 bits per heavy atom. The van der Waals surface area contributed by atoms with Crippen LogP contribution < -0.4 is 10.1 Å². The van der Waals surface area contributed by atoms with Crippen LogP contribution in [0.5, 0.6) is 5.75 Å². The number of carbonyl (C=O) groups excluding carboxylic acids is 1. The van der Waals surface area contributed by atoms with Gasteiger partial charge in [0.25, 0.3) is 0 Å². The molecule has 1 N–H and O–H groups in total. The molecule has 35 heavy (non-hydrogen) atoms. The zero-order valence-corrected chi connectivity index (χ0v) is 22.6. The highest BCUT2D eigenvalue weighted by Crippen LogP contribution is 2.45. The second-order valence-corrected chi connectivity index (χ2v) is 11.8. The minimum Gasteiger partial charge on any atom is -0.489 e. The van der Waals surface area contributed by atoms with Crippen LogP contribution in [0.3, 0.4) is 0 Å². The van der Waals surface area contributed by atoms with E-state index in [1.807, 2.05) is 53.2 Å². The first-order valence-corrected chi connectivity index (χ1v) is 13.7. The van der Waals surface area contributed by atoms with Crippen LogP contribution in [0, 0.1) is 5.41 Å². The van der Waals surface area contributed by atoms with Gasteiger partial charge in [-0.15, -0.1) is 5.10 Å². The Morgan fingerprint density at radius 2 is 2.00 bits per heavy atom. The van der Waals surface area contributed by atoms with Crippen molar-refractivity contribution < 1.29 is 9.53 Å². The van der Waals surface area contributed by atoms with E-state index in [0.29, 0.717) is 19.0 Å². The largest absolute Gasteiger partial charge is 0.489 e. The highest BCUT2D eigenvalue weighted by Gasteiger charge is 2.41. The maximum absolute atomic E-state index is 13.4. The normalized spacial score (nSPS) is 18.6. The average Bonchev–Trinajstić information content (AvgIpc) is 3.22. The van der Waals surface area contributed by atoms with Crippen LogP contribution in [0.1, 0.15) is 57.2 Å². The quantitative estimate of drug-likeness (QED) is 0.326. The number of ketones is 1. The fourth-order valence-electron chi connectivity index (χ4n) is 4.69. The number of anilines is 1. The first kappa shape index (κ1) is 24.1. The Bertz CT molecular complexity index is 1280. The van der Waals surface area contributed by atoms with Gasteiger partial charge in [-0.25, -0.2) is 4.68 Å².